The molecule has 25 heavy (non-hydrogen) atoms. The molecule has 3 rings (SSSR count). The molecule has 0 bridgehead atoms. The van der Waals surface area contributed by atoms with Crippen molar-refractivity contribution in [2.75, 3.05) is 0 Å². The normalized spacial score (nSPS) is 14.8. The maximum absolute atomic E-state index is 12.4. The van der Waals surface area contributed by atoms with E-state index in [0.29, 0.717) is 10.6 Å². The van der Waals surface area contributed by atoms with Crippen molar-refractivity contribution in [1.29, 1.82) is 0 Å². The van der Waals surface area contributed by atoms with Crippen molar-refractivity contribution in [3.8, 4) is 10.6 Å². The number of aryl methyl sites for hydroxylation is 2. The third-order valence-corrected chi connectivity index (χ3v) is 5.35. The fraction of sp³-hybridized carbons (Fsp3) is 0.421. The predicted octanol–water partition coefficient (Wildman–Crippen LogP) is 3.50. The lowest BCUT2D eigenvalue weighted by molar-refractivity contribution is -0.129. The summed E-state index contributed by atoms with van der Waals surface area (Å²) in [6, 6.07) is 8.40. The quantitative estimate of drug-likeness (QED) is 0.803. The molecule has 1 N–H and O–H groups in total. The average Bonchev–Trinajstić information content (AvgIpc) is 3.33. The van der Waals surface area contributed by atoms with E-state index in [1.165, 1.54) is 16.9 Å². The van der Waals surface area contributed by atoms with Gasteiger partial charge in [0.15, 0.2) is 6.10 Å². The monoisotopic (exact) mass is 358 g/mol. The van der Waals surface area contributed by atoms with Crippen molar-refractivity contribution in [3.63, 3.8) is 0 Å². The number of amides is 1. The standard InChI is InChI=1S/C19H22N2O3S/c1-4-13-5-7-14(8-6-13)18-20-11(2)16(25-18)19(23)24-12(3)17(22)21-15-9-10-15/h5-8,12,15H,4,9-10H2,1-3H3,(H,21,22). The summed E-state index contributed by atoms with van der Waals surface area (Å²) in [6.07, 6.45) is 2.18. The van der Waals surface area contributed by atoms with E-state index in [1.54, 1.807) is 13.8 Å². The fourth-order valence-corrected chi connectivity index (χ4v) is 3.36. The van der Waals surface area contributed by atoms with Gasteiger partial charge in [-0.1, -0.05) is 31.2 Å². The first-order valence-corrected chi connectivity index (χ1v) is 9.37. The summed E-state index contributed by atoms with van der Waals surface area (Å²) in [4.78, 5) is 29.3. The topological polar surface area (TPSA) is 68.3 Å². The fourth-order valence-electron chi connectivity index (χ4n) is 2.41. The molecule has 132 valence electrons. The predicted molar refractivity (Wildman–Crippen MR) is 97.7 cm³/mol. The van der Waals surface area contributed by atoms with Crippen LogP contribution in [-0.4, -0.2) is 29.0 Å². The Balaban J connectivity index is 1.70. The third-order valence-electron chi connectivity index (χ3n) is 4.17. The van der Waals surface area contributed by atoms with E-state index in [-0.39, 0.29) is 11.9 Å². The highest BCUT2D eigenvalue weighted by atomic mass is 32.1. The van der Waals surface area contributed by atoms with Crippen LogP contribution in [0.5, 0.6) is 0 Å². The minimum absolute atomic E-state index is 0.242. The number of nitrogens with zero attached hydrogens (tertiary/aromatic N) is 1. The summed E-state index contributed by atoms with van der Waals surface area (Å²) in [5.74, 6) is -0.738. The Morgan fingerprint density at radius 3 is 2.60 bits per heavy atom. The number of carbonyl (C=O) groups excluding carboxylic acids is 2. The summed E-state index contributed by atoms with van der Waals surface area (Å²) in [7, 11) is 0. The number of ether oxygens (including phenoxy) is 1. The molecule has 1 heterocycles. The average molecular weight is 358 g/mol. The zero-order chi connectivity index (χ0) is 18.0. The Labute approximate surface area is 151 Å². The second kappa shape index (κ2) is 7.35. The molecule has 1 fully saturated rings. The van der Waals surface area contributed by atoms with E-state index in [4.69, 9.17) is 4.74 Å². The summed E-state index contributed by atoms with van der Waals surface area (Å²) in [5, 5.41) is 3.62. The van der Waals surface area contributed by atoms with E-state index < -0.39 is 12.1 Å². The van der Waals surface area contributed by atoms with Crippen LogP contribution >= 0.6 is 11.3 Å². The number of hydrogen-bond donors (Lipinski definition) is 1. The highest BCUT2D eigenvalue weighted by Gasteiger charge is 2.28. The van der Waals surface area contributed by atoms with Crippen LogP contribution in [0.1, 0.15) is 47.6 Å². The van der Waals surface area contributed by atoms with Gasteiger partial charge in [-0.3, -0.25) is 4.79 Å². The van der Waals surface area contributed by atoms with Crippen LogP contribution in [0.3, 0.4) is 0 Å². The molecule has 1 aromatic heterocycles. The number of nitrogens with one attached hydrogen (secondary N) is 1. The number of benzene rings is 1. The van der Waals surface area contributed by atoms with Crippen molar-refractivity contribution in [2.45, 2.75) is 52.2 Å². The van der Waals surface area contributed by atoms with Gasteiger partial charge in [-0.2, -0.15) is 0 Å². The maximum atomic E-state index is 12.4. The van der Waals surface area contributed by atoms with E-state index in [9.17, 15) is 9.59 Å². The molecule has 0 aliphatic heterocycles. The first-order chi connectivity index (χ1) is 12.0. The minimum atomic E-state index is -0.804. The summed E-state index contributed by atoms with van der Waals surface area (Å²) < 4.78 is 5.31. The molecule has 1 atom stereocenters. The Kier molecular flexibility index (Phi) is 5.18. The zero-order valence-corrected chi connectivity index (χ0v) is 15.5. The highest BCUT2D eigenvalue weighted by molar-refractivity contribution is 7.17. The number of thiazole rings is 1. The van der Waals surface area contributed by atoms with Crippen LogP contribution in [0.15, 0.2) is 24.3 Å². The van der Waals surface area contributed by atoms with Gasteiger partial charge >= 0.3 is 5.97 Å². The van der Waals surface area contributed by atoms with Gasteiger partial charge in [-0.15, -0.1) is 11.3 Å². The molecule has 0 saturated heterocycles. The van der Waals surface area contributed by atoms with E-state index in [1.807, 2.05) is 12.1 Å². The molecule has 2 aromatic rings. The lowest BCUT2D eigenvalue weighted by atomic mass is 10.1. The molecule has 6 heteroatoms. The molecule has 5 nitrogen and oxygen atoms in total. The Morgan fingerprint density at radius 1 is 1.32 bits per heavy atom. The van der Waals surface area contributed by atoms with Gasteiger partial charge < -0.3 is 10.1 Å². The Morgan fingerprint density at radius 2 is 2.00 bits per heavy atom. The van der Waals surface area contributed by atoms with Crippen LogP contribution in [-0.2, 0) is 16.0 Å². The minimum Gasteiger partial charge on any atom is -0.448 e. The molecule has 1 aromatic carbocycles. The van der Waals surface area contributed by atoms with Crippen molar-refractivity contribution >= 4 is 23.2 Å². The van der Waals surface area contributed by atoms with E-state index >= 15 is 0 Å². The Hall–Kier alpha value is -2.21. The van der Waals surface area contributed by atoms with Gasteiger partial charge in [0, 0.05) is 11.6 Å². The van der Waals surface area contributed by atoms with Crippen LogP contribution in [0, 0.1) is 6.92 Å². The number of esters is 1. The van der Waals surface area contributed by atoms with Gasteiger partial charge in [0.25, 0.3) is 5.91 Å². The molecule has 0 spiro atoms. The SMILES string of the molecule is CCc1ccc(-c2nc(C)c(C(=O)OC(C)C(=O)NC3CC3)s2)cc1. The van der Waals surface area contributed by atoms with Crippen LogP contribution in [0.4, 0.5) is 0 Å². The molecule has 0 radical (unpaired) electrons. The highest BCUT2D eigenvalue weighted by Crippen LogP contribution is 2.29. The largest absolute Gasteiger partial charge is 0.448 e. The summed E-state index contributed by atoms with van der Waals surface area (Å²) in [6.45, 7) is 5.49. The molecular weight excluding hydrogens is 336 g/mol. The first-order valence-electron chi connectivity index (χ1n) is 8.56. The van der Waals surface area contributed by atoms with Gasteiger partial charge in [-0.25, -0.2) is 9.78 Å². The molecule has 1 aliphatic carbocycles. The van der Waals surface area contributed by atoms with Gasteiger partial charge in [0.05, 0.1) is 5.69 Å². The van der Waals surface area contributed by atoms with Gasteiger partial charge in [0.2, 0.25) is 0 Å². The number of hydrogen-bond acceptors (Lipinski definition) is 5. The van der Waals surface area contributed by atoms with E-state index in [0.717, 1.165) is 29.8 Å². The molecular formula is C19H22N2O3S. The van der Waals surface area contributed by atoms with Crippen molar-refractivity contribution in [1.82, 2.24) is 10.3 Å². The maximum Gasteiger partial charge on any atom is 0.351 e. The summed E-state index contributed by atoms with van der Waals surface area (Å²) >= 11 is 1.30. The van der Waals surface area contributed by atoms with Crippen LogP contribution < -0.4 is 5.32 Å². The van der Waals surface area contributed by atoms with Crippen molar-refractivity contribution in [3.05, 3.63) is 40.4 Å². The first kappa shape index (κ1) is 17.6. The number of aromatic nitrogens is 1. The number of rotatable bonds is 6. The van der Waals surface area contributed by atoms with Crippen LogP contribution in [0.25, 0.3) is 10.6 Å². The van der Waals surface area contributed by atoms with E-state index in [2.05, 4.69) is 29.4 Å². The third kappa shape index (κ3) is 4.25. The molecule has 1 unspecified atom stereocenters. The second-order valence-corrected chi connectivity index (χ2v) is 7.31. The number of carbonyl (C=O) groups is 2. The van der Waals surface area contributed by atoms with Crippen LogP contribution in [0.2, 0.25) is 0 Å². The van der Waals surface area contributed by atoms with Gasteiger partial charge in [0.1, 0.15) is 9.88 Å². The van der Waals surface area contributed by atoms with Crippen molar-refractivity contribution in [2.24, 2.45) is 0 Å². The lowest BCUT2D eigenvalue weighted by Gasteiger charge is -2.12. The Bertz CT molecular complexity index is 778. The second-order valence-electron chi connectivity index (χ2n) is 6.31. The van der Waals surface area contributed by atoms with Crippen molar-refractivity contribution < 1.29 is 14.3 Å². The van der Waals surface area contributed by atoms with Gasteiger partial charge in [-0.05, 0) is 38.7 Å². The lowest BCUT2D eigenvalue weighted by Crippen LogP contribution is -2.37. The molecule has 1 aliphatic rings. The molecule has 1 saturated carbocycles. The smallest absolute Gasteiger partial charge is 0.351 e. The zero-order valence-electron chi connectivity index (χ0n) is 14.7. The summed E-state index contributed by atoms with van der Waals surface area (Å²) in [5.41, 5.74) is 2.86. The molecule has 1 amide bonds.